The summed E-state index contributed by atoms with van der Waals surface area (Å²) in [5.74, 6) is 0.260. The number of nitrogens with one attached hydrogen (secondary N) is 1. The molecule has 0 fully saturated rings. The highest BCUT2D eigenvalue weighted by molar-refractivity contribution is 5.94. The zero-order valence-corrected chi connectivity index (χ0v) is 12.6. The Morgan fingerprint density at radius 1 is 1.05 bits per heavy atom. The van der Waals surface area contributed by atoms with Gasteiger partial charge in [0.25, 0.3) is 5.91 Å². The molecule has 3 heteroatoms. The average Bonchev–Trinajstić information content (AvgIpc) is 2.49. The van der Waals surface area contributed by atoms with Gasteiger partial charge in [-0.3, -0.25) is 4.79 Å². The van der Waals surface area contributed by atoms with Gasteiger partial charge in [-0.25, -0.2) is 5.43 Å². The molecule has 0 aromatic heterocycles. The van der Waals surface area contributed by atoms with Crippen molar-refractivity contribution in [1.82, 2.24) is 5.43 Å². The summed E-state index contributed by atoms with van der Waals surface area (Å²) in [7, 11) is 0. The van der Waals surface area contributed by atoms with Gasteiger partial charge in [0.1, 0.15) is 0 Å². The van der Waals surface area contributed by atoms with E-state index in [9.17, 15) is 4.79 Å². The van der Waals surface area contributed by atoms with Crippen molar-refractivity contribution in [1.29, 1.82) is 0 Å². The predicted molar refractivity (Wildman–Crippen MR) is 86.8 cm³/mol. The molecule has 0 spiro atoms. The van der Waals surface area contributed by atoms with Gasteiger partial charge in [-0.1, -0.05) is 55.8 Å². The number of carbonyl (C=O) groups excluding carboxylic acids is 1. The van der Waals surface area contributed by atoms with E-state index in [0.29, 0.717) is 11.5 Å². The second kappa shape index (κ2) is 6.84. The molecule has 2 aromatic rings. The van der Waals surface area contributed by atoms with Crippen LogP contribution in [-0.4, -0.2) is 12.1 Å². The van der Waals surface area contributed by atoms with E-state index in [0.717, 1.165) is 5.56 Å². The summed E-state index contributed by atoms with van der Waals surface area (Å²) < 4.78 is 0. The lowest BCUT2D eigenvalue weighted by molar-refractivity contribution is 0.0955. The number of nitrogens with zero attached hydrogens (tertiary/aromatic N) is 1. The Morgan fingerprint density at radius 2 is 1.67 bits per heavy atom. The predicted octanol–water partition coefficient (Wildman–Crippen LogP) is 3.88. The second-order valence-electron chi connectivity index (χ2n) is 5.39. The first-order valence-corrected chi connectivity index (χ1v) is 7.06. The van der Waals surface area contributed by atoms with Crippen molar-refractivity contribution in [3.05, 3.63) is 70.8 Å². The van der Waals surface area contributed by atoms with Crippen LogP contribution in [0.2, 0.25) is 0 Å². The fourth-order valence-corrected chi connectivity index (χ4v) is 1.90. The first kappa shape index (κ1) is 15.0. The molecular formula is C18H20N2O. The number of amides is 1. The molecule has 0 bridgehead atoms. The van der Waals surface area contributed by atoms with Crippen molar-refractivity contribution >= 4 is 12.1 Å². The standard InChI is InChI=1S/C18H20N2O/c1-13(2)16-8-10-17(11-9-16)18(21)20-19-12-15-6-4-14(3)5-7-15/h4-13H,1-3H3,(H,20,21)/b19-12+. The van der Waals surface area contributed by atoms with Gasteiger partial charge in [0.2, 0.25) is 0 Å². The zero-order valence-electron chi connectivity index (χ0n) is 12.6. The lowest BCUT2D eigenvalue weighted by Gasteiger charge is -2.05. The topological polar surface area (TPSA) is 41.5 Å². The molecule has 0 aliphatic heterocycles. The number of hydrogen-bond acceptors (Lipinski definition) is 2. The van der Waals surface area contributed by atoms with Crippen LogP contribution in [0, 0.1) is 6.92 Å². The molecule has 0 heterocycles. The number of rotatable bonds is 4. The summed E-state index contributed by atoms with van der Waals surface area (Å²) in [5, 5.41) is 3.98. The number of hydrogen-bond donors (Lipinski definition) is 1. The average molecular weight is 280 g/mol. The van der Waals surface area contributed by atoms with Gasteiger partial charge in [0, 0.05) is 5.56 Å². The van der Waals surface area contributed by atoms with Crippen LogP contribution in [-0.2, 0) is 0 Å². The van der Waals surface area contributed by atoms with E-state index in [1.807, 2.05) is 55.5 Å². The highest BCUT2D eigenvalue weighted by Crippen LogP contribution is 2.14. The Labute approximate surface area is 125 Å². The van der Waals surface area contributed by atoms with Crippen molar-refractivity contribution in [2.24, 2.45) is 5.10 Å². The second-order valence-corrected chi connectivity index (χ2v) is 5.39. The van der Waals surface area contributed by atoms with Crippen molar-refractivity contribution in [3.63, 3.8) is 0 Å². The third kappa shape index (κ3) is 4.28. The Hall–Kier alpha value is -2.42. The molecule has 0 aliphatic rings. The molecule has 0 radical (unpaired) electrons. The van der Waals surface area contributed by atoms with E-state index in [4.69, 9.17) is 0 Å². The zero-order chi connectivity index (χ0) is 15.2. The van der Waals surface area contributed by atoms with Gasteiger partial charge in [-0.05, 0) is 36.1 Å². The number of carbonyl (C=O) groups is 1. The molecule has 108 valence electrons. The van der Waals surface area contributed by atoms with Crippen molar-refractivity contribution in [2.45, 2.75) is 26.7 Å². The van der Waals surface area contributed by atoms with Crippen LogP contribution < -0.4 is 5.43 Å². The maximum absolute atomic E-state index is 11.9. The summed E-state index contributed by atoms with van der Waals surface area (Å²) in [6.07, 6.45) is 1.64. The van der Waals surface area contributed by atoms with Crippen LogP contribution in [0.1, 0.15) is 46.8 Å². The van der Waals surface area contributed by atoms with Gasteiger partial charge >= 0.3 is 0 Å². The molecule has 0 unspecified atom stereocenters. The quantitative estimate of drug-likeness (QED) is 0.670. The summed E-state index contributed by atoms with van der Waals surface area (Å²) in [5.41, 5.74) is 6.52. The van der Waals surface area contributed by atoms with E-state index in [-0.39, 0.29) is 5.91 Å². The number of hydrazone groups is 1. The lowest BCUT2D eigenvalue weighted by atomic mass is 10.0. The summed E-state index contributed by atoms with van der Waals surface area (Å²) in [6.45, 7) is 6.28. The molecule has 2 rings (SSSR count). The van der Waals surface area contributed by atoms with Crippen molar-refractivity contribution in [3.8, 4) is 0 Å². The van der Waals surface area contributed by atoms with Gasteiger partial charge in [-0.15, -0.1) is 0 Å². The summed E-state index contributed by atoms with van der Waals surface area (Å²) >= 11 is 0. The Balaban J connectivity index is 1.96. The van der Waals surface area contributed by atoms with E-state index in [1.54, 1.807) is 6.21 Å². The van der Waals surface area contributed by atoms with E-state index in [1.165, 1.54) is 11.1 Å². The van der Waals surface area contributed by atoms with Gasteiger partial charge in [-0.2, -0.15) is 5.10 Å². The largest absolute Gasteiger partial charge is 0.271 e. The van der Waals surface area contributed by atoms with Crippen LogP contribution in [0.3, 0.4) is 0 Å². The number of aryl methyl sites for hydroxylation is 1. The summed E-state index contributed by atoms with van der Waals surface area (Å²) in [6, 6.07) is 15.5. The molecule has 3 nitrogen and oxygen atoms in total. The van der Waals surface area contributed by atoms with Crippen LogP contribution in [0.4, 0.5) is 0 Å². The highest BCUT2D eigenvalue weighted by Gasteiger charge is 2.05. The van der Waals surface area contributed by atoms with Crippen LogP contribution in [0.15, 0.2) is 53.6 Å². The molecule has 0 aliphatic carbocycles. The molecule has 0 saturated carbocycles. The first-order valence-electron chi connectivity index (χ1n) is 7.06. The van der Waals surface area contributed by atoms with Gasteiger partial charge < -0.3 is 0 Å². The third-order valence-corrected chi connectivity index (χ3v) is 3.30. The Morgan fingerprint density at radius 3 is 2.24 bits per heavy atom. The fraction of sp³-hybridized carbons (Fsp3) is 0.222. The smallest absolute Gasteiger partial charge is 0.267 e. The van der Waals surface area contributed by atoms with Crippen molar-refractivity contribution < 1.29 is 4.79 Å². The lowest BCUT2D eigenvalue weighted by Crippen LogP contribution is -2.17. The Kier molecular flexibility index (Phi) is 4.88. The molecule has 1 amide bonds. The molecule has 0 atom stereocenters. The minimum absolute atomic E-state index is 0.200. The molecule has 2 aromatic carbocycles. The van der Waals surface area contributed by atoms with Gasteiger partial charge in [0.05, 0.1) is 6.21 Å². The van der Waals surface area contributed by atoms with E-state index in [2.05, 4.69) is 24.4 Å². The Bertz CT molecular complexity index is 625. The van der Waals surface area contributed by atoms with E-state index >= 15 is 0 Å². The monoisotopic (exact) mass is 280 g/mol. The third-order valence-electron chi connectivity index (χ3n) is 3.30. The van der Waals surface area contributed by atoms with Crippen LogP contribution in [0.25, 0.3) is 0 Å². The molecular weight excluding hydrogens is 260 g/mol. The van der Waals surface area contributed by atoms with Crippen molar-refractivity contribution in [2.75, 3.05) is 0 Å². The molecule has 0 saturated heterocycles. The summed E-state index contributed by atoms with van der Waals surface area (Å²) in [4.78, 5) is 11.9. The van der Waals surface area contributed by atoms with Gasteiger partial charge in [0.15, 0.2) is 0 Å². The maximum Gasteiger partial charge on any atom is 0.271 e. The minimum atomic E-state index is -0.200. The molecule has 21 heavy (non-hydrogen) atoms. The van der Waals surface area contributed by atoms with Crippen LogP contribution >= 0.6 is 0 Å². The first-order chi connectivity index (χ1) is 10.1. The fourth-order valence-electron chi connectivity index (χ4n) is 1.90. The van der Waals surface area contributed by atoms with E-state index < -0.39 is 0 Å². The SMILES string of the molecule is Cc1ccc(/C=N/NC(=O)c2ccc(C(C)C)cc2)cc1. The molecule has 1 N–H and O–H groups in total. The highest BCUT2D eigenvalue weighted by atomic mass is 16.2. The minimum Gasteiger partial charge on any atom is -0.267 e. The maximum atomic E-state index is 11.9. The van der Waals surface area contributed by atoms with Crippen LogP contribution in [0.5, 0.6) is 0 Å². The normalized spacial score (nSPS) is 11.0. The number of benzene rings is 2.